The van der Waals surface area contributed by atoms with Crippen molar-refractivity contribution in [3.05, 3.63) is 71.8 Å². The Balaban J connectivity index is 1.76. The number of nitrogens with one attached hydrogen (secondary N) is 2. The minimum Gasteiger partial charge on any atom is -0.376 e. The second-order valence-electron chi connectivity index (χ2n) is 6.27. The van der Waals surface area contributed by atoms with Crippen LogP contribution in [-0.4, -0.2) is 30.7 Å². The number of urea groups is 1. The lowest BCUT2D eigenvalue weighted by atomic mass is 9.93. The third kappa shape index (κ3) is 4.16. The molecule has 1 aliphatic heterocycles. The van der Waals surface area contributed by atoms with Crippen molar-refractivity contribution < 1.29 is 14.3 Å². The van der Waals surface area contributed by atoms with Gasteiger partial charge in [0.05, 0.1) is 31.2 Å². The molecule has 6 nitrogen and oxygen atoms in total. The molecular formula is C19H21N3O3. The minimum absolute atomic E-state index is 0.0573. The summed E-state index contributed by atoms with van der Waals surface area (Å²) < 4.78 is 5.16. The van der Waals surface area contributed by atoms with Crippen molar-refractivity contribution >= 4 is 11.9 Å². The average Bonchev–Trinajstić information content (AvgIpc) is 2.59. The zero-order valence-corrected chi connectivity index (χ0v) is 13.8. The molecule has 0 aromatic heterocycles. The molecule has 1 saturated heterocycles. The van der Waals surface area contributed by atoms with E-state index in [0.717, 1.165) is 11.1 Å². The third-order valence-corrected chi connectivity index (χ3v) is 4.19. The van der Waals surface area contributed by atoms with Crippen LogP contribution in [0.2, 0.25) is 0 Å². The number of hydrogen-bond donors (Lipinski definition) is 3. The number of hydrogen-bond acceptors (Lipinski definition) is 3. The van der Waals surface area contributed by atoms with E-state index in [9.17, 15) is 9.59 Å². The van der Waals surface area contributed by atoms with Crippen molar-refractivity contribution in [2.75, 3.05) is 13.2 Å². The number of rotatable bonds is 6. The Bertz CT molecular complexity index is 691. The SMILES string of the molecule is NC(=O)CC1(NC(=O)NC(c2ccccc2)c2ccccc2)COC1. The second kappa shape index (κ2) is 7.36. The molecule has 6 heteroatoms. The van der Waals surface area contributed by atoms with Crippen LogP contribution in [0.3, 0.4) is 0 Å². The van der Waals surface area contributed by atoms with Crippen molar-refractivity contribution in [2.45, 2.75) is 18.0 Å². The van der Waals surface area contributed by atoms with Gasteiger partial charge in [-0.1, -0.05) is 60.7 Å². The number of amides is 3. The molecule has 1 fully saturated rings. The Kier molecular flexibility index (Phi) is 5.00. The lowest BCUT2D eigenvalue weighted by Gasteiger charge is -2.41. The molecule has 0 atom stereocenters. The highest BCUT2D eigenvalue weighted by atomic mass is 16.5. The lowest BCUT2D eigenvalue weighted by molar-refractivity contribution is -0.127. The molecule has 0 radical (unpaired) electrons. The third-order valence-electron chi connectivity index (χ3n) is 4.19. The first-order chi connectivity index (χ1) is 12.1. The predicted molar refractivity (Wildman–Crippen MR) is 93.8 cm³/mol. The molecule has 2 aromatic carbocycles. The van der Waals surface area contributed by atoms with E-state index in [1.165, 1.54) is 0 Å². The minimum atomic E-state index is -0.714. The van der Waals surface area contributed by atoms with Gasteiger partial charge in [-0.3, -0.25) is 4.79 Å². The van der Waals surface area contributed by atoms with Crippen LogP contribution in [0, 0.1) is 0 Å². The Morgan fingerprint density at radius 2 is 1.52 bits per heavy atom. The van der Waals surface area contributed by atoms with Crippen LogP contribution < -0.4 is 16.4 Å². The van der Waals surface area contributed by atoms with E-state index in [1.54, 1.807) is 0 Å². The molecule has 0 unspecified atom stereocenters. The van der Waals surface area contributed by atoms with Gasteiger partial charge >= 0.3 is 6.03 Å². The van der Waals surface area contributed by atoms with Crippen LogP contribution in [0.4, 0.5) is 4.79 Å². The molecule has 1 heterocycles. The Labute approximate surface area is 146 Å². The van der Waals surface area contributed by atoms with Gasteiger partial charge in [-0.2, -0.15) is 0 Å². The average molecular weight is 339 g/mol. The fourth-order valence-electron chi connectivity index (χ4n) is 2.96. The Morgan fingerprint density at radius 3 is 1.92 bits per heavy atom. The van der Waals surface area contributed by atoms with Crippen LogP contribution >= 0.6 is 0 Å². The maximum Gasteiger partial charge on any atom is 0.316 e. The summed E-state index contributed by atoms with van der Waals surface area (Å²) in [4.78, 5) is 23.8. The van der Waals surface area contributed by atoms with Crippen molar-refractivity contribution in [3.8, 4) is 0 Å². The summed E-state index contributed by atoms with van der Waals surface area (Å²) in [5, 5.41) is 5.84. The van der Waals surface area contributed by atoms with E-state index in [0.29, 0.717) is 0 Å². The van der Waals surface area contributed by atoms with Gasteiger partial charge in [0, 0.05) is 0 Å². The molecule has 2 aromatic rings. The number of nitrogens with two attached hydrogens (primary N) is 1. The van der Waals surface area contributed by atoms with Crippen molar-refractivity contribution in [1.82, 2.24) is 10.6 Å². The van der Waals surface area contributed by atoms with Gasteiger partial charge in [-0.05, 0) is 11.1 Å². The molecule has 0 saturated carbocycles. The van der Waals surface area contributed by atoms with Crippen molar-refractivity contribution in [2.24, 2.45) is 5.73 Å². The zero-order valence-electron chi connectivity index (χ0n) is 13.8. The van der Waals surface area contributed by atoms with E-state index in [2.05, 4.69) is 10.6 Å². The molecule has 0 spiro atoms. The first kappa shape index (κ1) is 17.0. The summed E-state index contributed by atoms with van der Waals surface area (Å²) in [6, 6.07) is 18.8. The van der Waals surface area contributed by atoms with Gasteiger partial charge in [-0.25, -0.2) is 4.79 Å². The monoisotopic (exact) mass is 339 g/mol. The van der Waals surface area contributed by atoms with Gasteiger partial charge < -0.3 is 21.1 Å². The number of carbonyl (C=O) groups excluding carboxylic acids is 2. The molecule has 25 heavy (non-hydrogen) atoms. The zero-order chi connectivity index (χ0) is 17.7. The summed E-state index contributed by atoms with van der Waals surface area (Å²) >= 11 is 0. The highest BCUT2D eigenvalue weighted by Gasteiger charge is 2.41. The normalized spacial score (nSPS) is 15.2. The van der Waals surface area contributed by atoms with E-state index in [4.69, 9.17) is 10.5 Å². The molecular weight excluding hydrogens is 318 g/mol. The summed E-state index contributed by atoms with van der Waals surface area (Å²) in [5.41, 5.74) is 6.51. The fourth-order valence-corrected chi connectivity index (χ4v) is 2.96. The van der Waals surface area contributed by atoms with Crippen LogP contribution in [-0.2, 0) is 9.53 Å². The van der Waals surface area contributed by atoms with E-state index >= 15 is 0 Å². The molecule has 130 valence electrons. The van der Waals surface area contributed by atoms with Crippen LogP contribution in [0.5, 0.6) is 0 Å². The fraction of sp³-hybridized carbons (Fsp3) is 0.263. The smallest absolute Gasteiger partial charge is 0.316 e. The summed E-state index contributed by atoms with van der Waals surface area (Å²) in [5.74, 6) is -0.466. The maximum atomic E-state index is 12.6. The standard InChI is InChI=1S/C19H21N3O3/c20-16(23)11-19(12-25-13-19)22-18(24)21-17(14-7-3-1-4-8-14)15-9-5-2-6-10-15/h1-10,17H,11-13H2,(H2,20,23)(H2,21,22,24). The van der Waals surface area contributed by atoms with Crippen molar-refractivity contribution in [1.29, 1.82) is 0 Å². The first-order valence-electron chi connectivity index (χ1n) is 8.13. The van der Waals surface area contributed by atoms with Crippen molar-refractivity contribution in [3.63, 3.8) is 0 Å². The molecule has 1 aliphatic rings. The summed E-state index contributed by atoms with van der Waals surface area (Å²) in [7, 11) is 0. The van der Waals surface area contributed by atoms with E-state index in [-0.39, 0.29) is 31.7 Å². The maximum absolute atomic E-state index is 12.6. The lowest BCUT2D eigenvalue weighted by Crippen LogP contribution is -2.65. The van der Waals surface area contributed by atoms with Crippen LogP contribution in [0.25, 0.3) is 0 Å². The van der Waals surface area contributed by atoms with Gasteiger partial charge in [0.25, 0.3) is 0 Å². The number of ether oxygens (including phenoxy) is 1. The van der Waals surface area contributed by atoms with Gasteiger partial charge in [0.15, 0.2) is 0 Å². The molecule has 3 rings (SSSR count). The van der Waals surface area contributed by atoms with Crippen LogP contribution in [0.1, 0.15) is 23.6 Å². The number of benzene rings is 2. The summed E-state index contributed by atoms with van der Waals surface area (Å²) in [6.45, 7) is 0.565. The quantitative estimate of drug-likeness (QED) is 0.748. The van der Waals surface area contributed by atoms with Crippen LogP contribution in [0.15, 0.2) is 60.7 Å². The Hall–Kier alpha value is -2.86. The summed E-state index contributed by atoms with van der Waals surface area (Å²) in [6.07, 6.45) is 0.0573. The number of primary amides is 1. The highest BCUT2D eigenvalue weighted by molar-refractivity contribution is 5.79. The molecule has 4 N–H and O–H groups in total. The molecule has 0 bridgehead atoms. The topological polar surface area (TPSA) is 93.5 Å². The van der Waals surface area contributed by atoms with Gasteiger partial charge in [-0.15, -0.1) is 0 Å². The van der Waals surface area contributed by atoms with E-state index < -0.39 is 11.4 Å². The second-order valence-corrected chi connectivity index (χ2v) is 6.27. The Morgan fingerprint density at radius 1 is 1.00 bits per heavy atom. The highest BCUT2D eigenvalue weighted by Crippen LogP contribution is 2.23. The van der Waals surface area contributed by atoms with Gasteiger partial charge in [0.1, 0.15) is 0 Å². The number of carbonyl (C=O) groups is 2. The molecule has 0 aliphatic carbocycles. The van der Waals surface area contributed by atoms with E-state index in [1.807, 2.05) is 60.7 Å². The molecule has 3 amide bonds. The predicted octanol–water partition coefficient (Wildman–Crippen LogP) is 1.72. The first-order valence-corrected chi connectivity index (χ1v) is 8.13. The largest absolute Gasteiger partial charge is 0.376 e. The van der Waals surface area contributed by atoms with Gasteiger partial charge in [0.2, 0.25) is 5.91 Å².